The SMILES string of the molecule is Cc1cc(C)c(NC(=O)CNC(=O)c2oc3c(Cl)cccc3c2C)c(C)c1. The summed E-state index contributed by atoms with van der Waals surface area (Å²) in [7, 11) is 0. The molecule has 27 heavy (non-hydrogen) atoms. The third-order valence-corrected chi connectivity index (χ3v) is 4.77. The van der Waals surface area contributed by atoms with Crippen molar-refractivity contribution in [3.8, 4) is 0 Å². The minimum atomic E-state index is -0.452. The maximum Gasteiger partial charge on any atom is 0.287 e. The van der Waals surface area contributed by atoms with Crippen molar-refractivity contribution in [1.29, 1.82) is 0 Å². The van der Waals surface area contributed by atoms with Crippen LogP contribution in [0, 0.1) is 27.7 Å². The summed E-state index contributed by atoms with van der Waals surface area (Å²) in [4.78, 5) is 24.7. The van der Waals surface area contributed by atoms with Crippen molar-refractivity contribution < 1.29 is 14.0 Å². The van der Waals surface area contributed by atoms with E-state index < -0.39 is 5.91 Å². The van der Waals surface area contributed by atoms with Gasteiger partial charge >= 0.3 is 0 Å². The zero-order valence-corrected chi connectivity index (χ0v) is 16.5. The number of furan rings is 1. The zero-order valence-electron chi connectivity index (χ0n) is 15.7. The molecule has 1 aromatic heterocycles. The molecule has 2 aromatic carbocycles. The van der Waals surface area contributed by atoms with Gasteiger partial charge in [0.15, 0.2) is 11.3 Å². The molecule has 0 fully saturated rings. The summed E-state index contributed by atoms with van der Waals surface area (Å²) in [6, 6.07) is 9.35. The van der Waals surface area contributed by atoms with E-state index in [1.54, 1.807) is 19.1 Å². The number of para-hydroxylation sites is 1. The van der Waals surface area contributed by atoms with Crippen molar-refractivity contribution in [3.63, 3.8) is 0 Å². The van der Waals surface area contributed by atoms with Crippen molar-refractivity contribution in [2.24, 2.45) is 0 Å². The molecule has 0 bridgehead atoms. The molecule has 0 saturated carbocycles. The molecule has 0 aliphatic rings. The highest BCUT2D eigenvalue weighted by Gasteiger charge is 2.19. The number of rotatable bonds is 4. The van der Waals surface area contributed by atoms with Crippen LogP contribution in [0.2, 0.25) is 5.02 Å². The summed E-state index contributed by atoms with van der Waals surface area (Å²) in [5, 5.41) is 6.68. The molecule has 2 amide bonds. The van der Waals surface area contributed by atoms with Gasteiger partial charge in [-0.1, -0.05) is 41.4 Å². The molecule has 3 aromatic rings. The molecule has 140 valence electrons. The number of carbonyl (C=O) groups excluding carboxylic acids is 2. The van der Waals surface area contributed by atoms with Crippen LogP contribution >= 0.6 is 11.6 Å². The first kappa shape index (κ1) is 19.0. The lowest BCUT2D eigenvalue weighted by Crippen LogP contribution is -2.33. The third kappa shape index (κ3) is 3.83. The number of nitrogens with one attached hydrogen (secondary N) is 2. The van der Waals surface area contributed by atoms with Gasteiger partial charge in [-0.15, -0.1) is 0 Å². The van der Waals surface area contributed by atoms with E-state index in [4.69, 9.17) is 16.0 Å². The zero-order chi connectivity index (χ0) is 19.7. The van der Waals surface area contributed by atoms with Gasteiger partial charge in [-0.25, -0.2) is 0 Å². The summed E-state index contributed by atoms with van der Waals surface area (Å²) < 4.78 is 5.62. The largest absolute Gasteiger partial charge is 0.449 e. The van der Waals surface area contributed by atoms with Gasteiger partial charge < -0.3 is 15.1 Å². The van der Waals surface area contributed by atoms with Crippen molar-refractivity contribution >= 4 is 40.1 Å². The van der Waals surface area contributed by atoms with E-state index in [9.17, 15) is 9.59 Å². The number of hydrogen-bond donors (Lipinski definition) is 2. The van der Waals surface area contributed by atoms with Crippen LogP contribution in [0.3, 0.4) is 0 Å². The van der Waals surface area contributed by atoms with Gasteiger partial charge in [0.25, 0.3) is 5.91 Å². The summed E-state index contributed by atoms with van der Waals surface area (Å²) in [5.41, 5.74) is 5.03. The molecular weight excluding hydrogens is 364 g/mol. The molecule has 6 heteroatoms. The van der Waals surface area contributed by atoms with Crippen LogP contribution in [0.15, 0.2) is 34.7 Å². The van der Waals surface area contributed by atoms with E-state index in [1.807, 2.05) is 39.0 Å². The quantitative estimate of drug-likeness (QED) is 0.685. The lowest BCUT2D eigenvalue weighted by atomic mass is 10.1. The molecule has 0 radical (unpaired) electrons. The monoisotopic (exact) mass is 384 g/mol. The fourth-order valence-electron chi connectivity index (χ4n) is 3.23. The predicted octanol–water partition coefficient (Wildman–Crippen LogP) is 4.69. The van der Waals surface area contributed by atoms with Crippen molar-refractivity contribution in [3.05, 3.63) is 63.4 Å². The molecule has 3 rings (SSSR count). The summed E-state index contributed by atoms with van der Waals surface area (Å²) in [6.07, 6.45) is 0. The van der Waals surface area contributed by atoms with Crippen LogP contribution < -0.4 is 10.6 Å². The number of fused-ring (bicyclic) bond motifs is 1. The van der Waals surface area contributed by atoms with Crippen molar-refractivity contribution in [1.82, 2.24) is 5.32 Å². The summed E-state index contributed by atoms with van der Waals surface area (Å²) in [5.74, 6) is -0.592. The Balaban J connectivity index is 1.70. The lowest BCUT2D eigenvalue weighted by Gasteiger charge is -2.13. The minimum absolute atomic E-state index is 0.157. The summed E-state index contributed by atoms with van der Waals surface area (Å²) >= 11 is 6.12. The average molecular weight is 385 g/mol. The molecule has 0 saturated heterocycles. The Labute approximate surface area is 162 Å². The third-order valence-electron chi connectivity index (χ3n) is 4.47. The number of benzene rings is 2. The molecule has 1 heterocycles. The van der Waals surface area contributed by atoms with Crippen molar-refractivity contribution in [2.45, 2.75) is 27.7 Å². The Morgan fingerprint density at radius 2 is 1.74 bits per heavy atom. The topological polar surface area (TPSA) is 71.3 Å². The number of carbonyl (C=O) groups is 2. The van der Waals surface area contributed by atoms with Gasteiger partial charge in [0.05, 0.1) is 11.6 Å². The lowest BCUT2D eigenvalue weighted by molar-refractivity contribution is -0.115. The fraction of sp³-hybridized carbons (Fsp3) is 0.238. The van der Waals surface area contributed by atoms with Gasteiger partial charge in [-0.2, -0.15) is 0 Å². The Morgan fingerprint density at radius 1 is 1.07 bits per heavy atom. The highest BCUT2D eigenvalue weighted by molar-refractivity contribution is 6.35. The van der Waals surface area contributed by atoms with E-state index in [1.165, 1.54) is 0 Å². The van der Waals surface area contributed by atoms with Crippen LogP contribution in [-0.2, 0) is 4.79 Å². The number of hydrogen-bond acceptors (Lipinski definition) is 3. The Bertz CT molecular complexity index is 1030. The van der Waals surface area contributed by atoms with Crippen LogP contribution in [0.4, 0.5) is 5.69 Å². The van der Waals surface area contributed by atoms with E-state index in [2.05, 4.69) is 10.6 Å². The van der Waals surface area contributed by atoms with Gasteiger partial charge in [0, 0.05) is 16.6 Å². The van der Waals surface area contributed by atoms with Crippen LogP contribution in [0.5, 0.6) is 0 Å². The highest BCUT2D eigenvalue weighted by Crippen LogP contribution is 2.30. The van der Waals surface area contributed by atoms with Gasteiger partial charge in [-0.3, -0.25) is 9.59 Å². The van der Waals surface area contributed by atoms with E-state index in [0.717, 1.165) is 27.8 Å². The second-order valence-electron chi connectivity index (χ2n) is 6.68. The average Bonchev–Trinajstić information content (AvgIpc) is 2.94. The first-order valence-corrected chi connectivity index (χ1v) is 8.99. The van der Waals surface area contributed by atoms with Crippen LogP contribution in [0.1, 0.15) is 32.8 Å². The first-order chi connectivity index (χ1) is 12.8. The van der Waals surface area contributed by atoms with Gasteiger partial charge in [0.2, 0.25) is 5.91 Å². The number of anilines is 1. The molecule has 0 unspecified atom stereocenters. The second kappa shape index (κ2) is 7.45. The number of amides is 2. The molecule has 2 N–H and O–H groups in total. The maximum atomic E-state index is 12.5. The maximum absolute atomic E-state index is 12.5. The van der Waals surface area contributed by atoms with Crippen LogP contribution in [-0.4, -0.2) is 18.4 Å². The molecular formula is C21H21ClN2O3. The van der Waals surface area contributed by atoms with Gasteiger partial charge in [0.1, 0.15) is 0 Å². The number of halogens is 1. The first-order valence-electron chi connectivity index (χ1n) is 8.61. The smallest absolute Gasteiger partial charge is 0.287 e. The molecule has 0 atom stereocenters. The molecule has 5 nitrogen and oxygen atoms in total. The summed E-state index contributed by atoms with van der Waals surface area (Å²) in [6.45, 7) is 7.52. The molecule has 0 aliphatic heterocycles. The van der Waals surface area contributed by atoms with E-state index in [0.29, 0.717) is 16.2 Å². The van der Waals surface area contributed by atoms with E-state index >= 15 is 0 Å². The van der Waals surface area contributed by atoms with E-state index in [-0.39, 0.29) is 18.2 Å². The molecule has 0 spiro atoms. The van der Waals surface area contributed by atoms with Crippen molar-refractivity contribution in [2.75, 3.05) is 11.9 Å². The highest BCUT2D eigenvalue weighted by atomic mass is 35.5. The normalized spacial score (nSPS) is 10.9. The minimum Gasteiger partial charge on any atom is -0.449 e. The Kier molecular flexibility index (Phi) is 5.24. The fourth-order valence-corrected chi connectivity index (χ4v) is 3.44. The Hall–Kier alpha value is -2.79. The predicted molar refractivity (Wildman–Crippen MR) is 108 cm³/mol. The van der Waals surface area contributed by atoms with Gasteiger partial charge in [-0.05, 0) is 44.9 Å². The van der Waals surface area contributed by atoms with Crippen LogP contribution in [0.25, 0.3) is 11.0 Å². The standard InChI is InChI=1S/C21H21ClN2O3/c1-11-8-12(2)18(13(3)9-11)24-17(25)10-23-21(26)19-14(4)15-6-5-7-16(22)20(15)27-19/h5-9H,10H2,1-4H3,(H,23,26)(H,24,25). The second-order valence-corrected chi connectivity index (χ2v) is 7.08. The number of aryl methyl sites for hydroxylation is 4. The Morgan fingerprint density at radius 3 is 2.37 bits per heavy atom. The molecule has 0 aliphatic carbocycles.